The molecule has 2 aromatic rings. The number of nitrogens with one attached hydrogen (secondary N) is 1. The second-order valence-electron chi connectivity index (χ2n) is 7.90. The number of nitrogens with zero attached hydrogens (tertiary/aromatic N) is 1. The Kier molecular flexibility index (Phi) is 10.4. The fourth-order valence-electron chi connectivity index (χ4n) is 3.57. The van der Waals surface area contributed by atoms with Crippen molar-refractivity contribution in [3.63, 3.8) is 0 Å². The third kappa shape index (κ3) is 8.94. The van der Waals surface area contributed by atoms with Crippen molar-refractivity contribution >= 4 is 17.8 Å². The molecule has 0 saturated carbocycles. The van der Waals surface area contributed by atoms with Gasteiger partial charge in [0.15, 0.2) is 0 Å². The molecule has 33 heavy (non-hydrogen) atoms. The average Bonchev–Trinajstić information content (AvgIpc) is 2.84. The number of amides is 1. The molecule has 0 unspecified atom stereocenters. The molecular weight excluding hydrogens is 424 g/mol. The lowest BCUT2D eigenvalue weighted by atomic mass is 9.95. The van der Waals surface area contributed by atoms with E-state index in [9.17, 15) is 4.79 Å². The van der Waals surface area contributed by atoms with Crippen molar-refractivity contribution < 1.29 is 29.3 Å². The molecule has 3 N–H and O–H groups in total. The number of carbonyl (C=O) groups is 3. The van der Waals surface area contributed by atoms with Gasteiger partial charge in [0, 0.05) is 19.0 Å². The van der Waals surface area contributed by atoms with Crippen LogP contribution in [0.5, 0.6) is 5.75 Å². The Morgan fingerprint density at radius 1 is 0.909 bits per heavy atom. The molecule has 178 valence electrons. The number of carboxylic acids is 2. The molecule has 1 saturated heterocycles. The van der Waals surface area contributed by atoms with Crippen molar-refractivity contribution in [1.82, 2.24) is 10.2 Å². The lowest BCUT2D eigenvalue weighted by molar-refractivity contribution is -0.159. The number of ether oxygens (including phenoxy) is 1. The van der Waals surface area contributed by atoms with E-state index in [0.29, 0.717) is 6.54 Å². The maximum atomic E-state index is 12.5. The summed E-state index contributed by atoms with van der Waals surface area (Å²) < 4.78 is 5.16. The first kappa shape index (κ1) is 25.9. The molecule has 1 heterocycles. The van der Waals surface area contributed by atoms with Crippen molar-refractivity contribution in [2.45, 2.75) is 39.3 Å². The molecule has 8 nitrogen and oxygen atoms in total. The number of piperidine rings is 1. The van der Waals surface area contributed by atoms with Crippen molar-refractivity contribution in [1.29, 1.82) is 0 Å². The SMILES string of the molecule is CCc1ccc(CN2CCC(C(=O)NCc3ccc(OC)cc3)CC2)cc1.O=C(O)C(=O)O. The van der Waals surface area contributed by atoms with Gasteiger partial charge in [-0.05, 0) is 61.2 Å². The molecule has 0 atom stereocenters. The number of carboxylic acid groups (broad SMARTS) is 2. The molecule has 1 aliphatic rings. The van der Waals surface area contributed by atoms with Gasteiger partial charge in [-0.3, -0.25) is 9.69 Å². The van der Waals surface area contributed by atoms with Crippen LogP contribution in [-0.2, 0) is 33.9 Å². The minimum Gasteiger partial charge on any atom is -0.497 e. The van der Waals surface area contributed by atoms with Crippen molar-refractivity contribution in [2.75, 3.05) is 20.2 Å². The Hall–Kier alpha value is -3.39. The fraction of sp³-hybridized carbons (Fsp3) is 0.400. The zero-order valence-electron chi connectivity index (χ0n) is 19.1. The van der Waals surface area contributed by atoms with Gasteiger partial charge in [-0.1, -0.05) is 43.3 Å². The number of aliphatic carboxylic acids is 2. The Bertz CT molecular complexity index is 891. The molecule has 0 aromatic heterocycles. The normalized spacial score (nSPS) is 14.0. The van der Waals surface area contributed by atoms with E-state index in [-0.39, 0.29) is 11.8 Å². The van der Waals surface area contributed by atoms with E-state index in [2.05, 4.69) is 41.4 Å². The number of likely N-dealkylation sites (tertiary alicyclic amines) is 1. The third-order valence-electron chi connectivity index (χ3n) is 5.60. The monoisotopic (exact) mass is 456 g/mol. The largest absolute Gasteiger partial charge is 0.497 e. The van der Waals surface area contributed by atoms with Crippen molar-refractivity contribution in [3.8, 4) is 5.75 Å². The zero-order chi connectivity index (χ0) is 24.2. The first-order valence-electron chi connectivity index (χ1n) is 11.0. The fourth-order valence-corrected chi connectivity index (χ4v) is 3.57. The van der Waals surface area contributed by atoms with Crippen LogP contribution in [0.15, 0.2) is 48.5 Å². The first-order chi connectivity index (χ1) is 15.8. The highest BCUT2D eigenvalue weighted by molar-refractivity contribution is 6.27. The van der Waals surface area contributed by atoms with Crippen LogP contribution in [0.25, 0.3) is 0 Å². The molecule has 1 fully saturated rings. The van der Waals surface area contributed by atoms with Gasteiger partial charge in [0.05, 0.1) is 7.11 Å². The van der Waals surface area contributed by atoms with Crippen LogP contribution in [0.2, 0.25) is 0 Å². The summed E-state index contributed by atoms with van der Waals surface area (Å²) in [5.74, 6) is -2.51. The second-order valence-corrected chi connectivity index (χ2v) is 7.90. The molecule has 0 spiro atoms. The lowest BCUT2D eigenvalue weighted by Gasteiger charge is -2.31. The van der Waals surface area contributed by atoms with Crippen LogP contribution in [0.4, 0.5) is 0 Å². The van der Waals surface area contributed by atoms with E-state index in [0.717, 1.165) is 50.2 Å². The van der Waals surface area contributed by atoms with E-state index in [4.69, 9.17) is 24.5 Å². The maximum Gasteiger partial charge on any atom is 0.414 e. The molecule has 1 aliphatic heterocycles. The molecule has 0 aliphatic carbocycles. The summed E-state index contributed by atoms with van der Waals surface area (Å²) in [6.07, 6.45) is 2.94. The smallest absolute Gasteiger partial charge is 0.414 e. The summed E-state index contributed by atoms with van der Waals surface area (Å²) in [5, 5.41) is 17.9. The van der Waals surface area contributed by atoms with Gasteiger partial charge < -0.3 is 20.3 Å². The molecule has 3 rings (SSSR count). The Labute approximate surface area is 194 Å². The lowest BCUT2D eigenvalue weighted by Crippen LogP contribution is -2.40. The third-order valence-corrected chi connectivity index (χ3v) is 5.60. The number of aryl methyl sites for hydroxylation is 1. The number of hydrogen-bond acceptors (Lipinski definition) is 5. The zero-order valence-corrected chi connectivity index (χ0v) is 19.1. The maximum absolute atomic E-state index is 12.5. The molecule has 8 heteroatoms. The van der Waals surface area contributed by atoms with E-state index in [1.165, 1.54) is 11.1 Å². The molecular formula is C25H32N2O6. The van der Waals surface area contributed by atoms with E-state index < -0.39 is 11.9 Å². The highest BCUT2D eigenvalue weighted by atomic mass is 16.5. The van der Waals surface area contributed by atoms with E-state index in [1.54, 1.807) is 7.11 Å². The predicted molar refractivity (Wildman–Crippen MR) is 124 cm³/mol. The van der Waals surface area contributed by atoms with Crippen LogP contribution in [0.1, 0.15) is 36.5 Å². The quantitative estimate of drug-likeness (QED) is 0.549. The highest BCUT2D eigenvalue weighted by Gasteiger charge is 2.24. The topological polar surface area (TPSA) is 116 Å². The summed E-state index contributed by atoms with van der Waals surface area (Å²) in [7, 11) is 1.66. The van der Waals surface area contributed by atoms with Crippen LogP contribution in [0, 0.1) is 5.92 Å². The highest BCUT2D eigenvalue weighted by Crippen LogP contribution is 2.20. The summed E-state index contributed by atoms with van der Waals surface area (Å²) in [6.45, 7) is 5.70. The summed E-state index contributed by atoms with van der Waals surface area (Å²) in [4.78, 5) is 33.1. The van der Waals surface area contributed by atoms with Crippen LogP contribution < -0.4 is 10.1 Å². The van der Waals surface area contributed by atoms with Gasteiger partial charge in [0.25, 0.3) is 0 Å². The van der Waals surface area contributed by atoms with E-state index >= 15 is 0 Å². The van der Waals surface area contributed by atoms with Gasteiger partial charge in [0.2, 0.25) is 5.91 Å². The molecule has 1 amide bonds. The molecule has 0 radical (unpaired) electrons. The van der Waals surface area contributed by atoms with Gasteiger partial charge in [0.1, 0.15) is 5.75 Å². The van der Waals surface area contributed by atoms with Crippen molar-refractivity contribution in [2.24, 2.45) is 5.92 Å². The molecule has 2 aromatic carbocycles. The minimum absolute atomic E-state index is 0.127. The Morgan fingerprint density at radius 3 is 1.91 bits per heavy atom. The summed E-state index contributed by atoms with van der Waals surface area (Å²) in [6, 6.07) is 16.7. The average molecular weight is 457 g/mol. The standard InChI is InChI=1S/C23H30N2O2.C2H2O4/c1-3-18-4-6-20(7-5-18)17-25-14-12-21(13-15-25)23(26)24-16-19-8-10-22(27-2)11-9-19;3-1(4)2(5)6/h4-11,21H,3,12-17H2,1-2H3,(H,24,26);(H,3,4)(H,5,6). The number of methoxy groups -OCH3 is 1. The van der Waals surface area contributed by atoms with Crippen LogP contribution in [-0.4, -0.2) is 53.2 Å². The van der Waals surface area contributed by atoms with Gasteiger partial charge in [-0.25, -0.2) is 9.59 Å². The number of hydrogen-bond donors (Lipinski definition) is 3. The van der Waals surface area contributed by atoms with E-state index in [1.807, 2.05) is 24.3 Å². The second kappa shape index (κ2) is 13.2. The van der Waals surface area contributed by atoms with Gasteiger partial charge in [-0.15, -0.1) is 0 Å². The minimum atomic E-state index is -1.82. The first-order valence-corrected chi connectivity index (χ1v) is 11.0. The Balaban J connectivity index is 0.000000569. The van der Waals surface area contributed by atoms with Crippen LogP contribution >= 0.6 is 0 Å². The van der Waals surface area contributed by atoms with Gasteiger partial charge in [-0.2, -0.15) is 0 Å². The van der Waals surface area contributed by atoms with Gasteiger partial charge >= 0.3 is 11.9 Å². The van der Waals surface area contributed by atoms with Crippen molar-refractivity contribution in [3.05, 3.63) is 65.2 Å². The summed E-state index contributed by atoms with van der Waals surface area (Å²) in [5.41, 5.74) is 3.83. The number of carbonyl (C=O) groups excluding carboxylic acids is 1. The summed E-state index contributed by atoms with van der Waals surface area (Å²) >= 11 is 0. The number of rotatable bonds is 7. The molecule has 0 bridgehead atoms. The van der Waals surface area contributed by atoms with Crippen LogP contribution in [0.3, 0.4) is 0 Å². The number of benzene rings is 2. The predicted octanol–water partition coefficient (Wildman–Crippen LogP) is 2.94. The Morgan fingerprint density at radius 2 is 1.42 bits per heavy atom.